The summed E-state index contributed by atoms with van der Waals surface area (Å²) in [6, 6.07) is 4.13. The number of hydrogen-bond acceptors (Lipinski definition) is 5. The number of nitrogens with one attached hydrogen (secondary N) is 1. The molecule has 0 saturated heterocycles. The predicted molar refractivity (Wildman–Crippen MR) is 69.1 cm³/mol. The van der Waals surface area contributed by atoms with Gasteiger partial charge in [-0.15, -0.1) is 0 Å². The van der Waals surface area contributed by atoms with Gasteiger partial charge in [-0.05, 0) is 36.2 Å². The zero-order valence-corrected chi connectivity index (χ0v) is 11.5. The van der Waals surface area contributed by atoms with Crippen LogP contribution in [0.25, 0.3) is 0 Å². The second-order valence-corrected chi connectivity index (χ2v) is 4.75. The number of ether oxygens (including phenoxy) is 2. The van der Waals surface area contributed by atoms with Crippen molar-refractivity contribution >= 4 is 10.4 Å². The lowest BCUT2D eigenvalue weighted by atomic mass is 10.0. The lowest BCUT2D eigenvalue weighted by molar-refractivity contribution is 0.353. The first-order valence-electron chi connectivity index (χ1n) is 5.49. The van der Waals surface area contributed by atoms with Gasteiger partial charge in [0, 0.05) is 6.54 Å². The van der Waals surface area contributed by atoms with E-state index < -0.39 is 10.4 Å². The summed E-state index contributed by atoms with van der Waals surface area (Å²) in [7, 11) is -1.33. The number of rotatable bonds is 2. The molecule has 0 fully saturated rings. The van der Waals surface area contributed by atoms with Crippen LogP contribution in [0.15, 0.2) is 12.1 Å². The summed E-state index contributed by atoms with van der Waals surface area (Å²) in [4.78, 5) is 0. The fourth-order valence-electron chi connectivity index (χ4n) is 1.81. The molecule has 0 amide bonds. The quantitative estimate of drug-likeness (QED) is 0.689. The molecule has 1 heterocycles. The van der Waals surface area contributed by atoms with Crippen LogP contribution in [0.4, 0.5) is 0 Å². The minimum absolute atomic E-state index is 0.815. The maximum absolute atomic E-state index is 8.74. The van der Waals surface area contributed by atoms with Crippen molar-refractivity contribution in [3.05, 3.63) is 23.3 Å². The smallest absolute Gasteiger partial charge is 0.394 e. The van der Waals surface area contributed by atoms with E-state index in [1.165, 1.54) is 11.1 Å². The number of fused-ring (bicyclic) bond motifs is 1. The van der Waals surface area contributed by atoms with Crippen LogP contribution in [0.5, 0.6) is 11.5 Å². The molecule has 0 aromatic heterocycles. The predicted octanol–water partition coefficient (Wildman–Crippen LogP) is 0.697. The van der Waals surface area contributed by atoms with Crippen molar-refractivity contribution in [3.63, 3.8) is 0 Å². The molecule has 0 unspecified atom stereocenters. The zero-order valence-electron chi connectivity index (χ0n) is 10.7. The van der Waals surface area contributed by atoms with Gasteiger partial charge in [0.2, 0.25) is 0 Å². The Morgan fingerprint density at radius 2 is 1.58 bits per heavy atom. The summed E-state index contributed by atoms with van der Waals surface area (Å²) in [5.74, 6) is 1.64. The first-order valence-corrected chi connectivity index (χ1v) is 6.89. The first-order chi connectivity index (χ1) is 8.85. The zero-order chi connectivity index (χ0) is 14.5. The highest BCUT2D eigenvalue weighted by Gasteiger charge is 2.13. The summed E-state index contributed by atoms with van der Waals surface area (Å²) in [6.07, 6.45) is 1.07. The molecule has 1 aromatic carbocycles. The molecule has 1 aliphatic heterocycles. The van der Waals surface area contributed by atoms with E-state index in [1.807, 2.05) is 0 Å². The molecule has 7 nitrogen and oxygen atoms in total. The molecule has 0 radical (unpaired) electrons. The monoisotopic (exact) mass is 291 g/mol. The van der Waals surface area contributed by atoms with Crippen LogP contribution in [-0.4, -0.2) is 38.3 Å². The Labute approximate surface area is 112 Å². The molecule has 0 atom stereocenters. The summed E-state index contributed by atoms with van der Waals surface area (Å²) >= 11 is 0. The van der Waals surface area contributed by atoms with Gasteiger partial charge in [0.05, 0.1) is 14.2 Å². The summed E-state index contributed by atoms with van der Waals surface area (Å²) in [5.41, 5.74) is 2.68. The average Bonchev–Trinajstić information content (AvgIpc) is 2.35. The van der Waals surface area contributed by atoms with E-state index >= 15 is 0 Å². The molecule has 3 N–H and O–H groups in total. The molecule has 108 valence electrons. The van der Waals surface area contributed by atoms with E-state index in [4.69, 9.17) is 27.0 Å². The van der Waals surface area contributed by atoms with Gasteiger partial charge in [-0.25, -0.2) is 0 Å². The van der Waals surface area contributed by atoms with Crippen molar-refractivity contribution in [3.8, 4) is 11.5 Å². The van der Waals surface area contributed by atoms with Gasteiger partial charge in [0.15, 0.2) is 11.5 Å². The van der Waals surface area contributed by atoms with Crippen LogP contribution < -0.4 is 14.8 Å². The number of benzene rings is 1. The third-order valence-electron chi connectivity index (χ3n) is 2.59. The van der Waals surface area contributed by atoms with Gasteiger partial charge in [-0.3, -0.25) is 9.11 Å². The van der Waals surface area contributed by atoms with E-state index in [1.54, 1.807) is 14.2 Å². The normalized spacial score (nSPS) is 13.9. The molecular formula is C11H17NO6S. The SMILES string of the molecule is COc1cc2c(cc1OC)CNCC2.O=S(=O)(O)O. The van der Waals surface area contributed by atoms with Crippen LogP contribution in [0.1, 0.15) is 11.1 Å². The number of hydrogen-bond donors (Lipinski definition) is 3. The molecule has 0 aliphatic carbocycles. The van der Waals surface area contributed by atoms with E-state index in [9.17, 15) is 0 Å². The van der Waals surface area contributed by atoms with Crippen LogP contribution in [0.2, 0.25) is 0 Å². The van der Waals surface area contributed by atoms with Gasteiger partial charge in [-0.2, -0.15) is 8.42 Å². The standard InChI is InChI=1S/C11H15NO2.H2O4S/c1-13-10-5-8-3-4-12-7-9(8)6-11(10)14-2;1-5(2,3)4/h5-6,12H,3-4,7H2,1-2H3;(H2,1,2,3,4). The Balaban J connectivity index is 0.000000312. The van der Waals surface area contributed by atoms with Crippen LogP contribution in [0, 0.1) is 0 Å². The Hall–Kier alpha value is -1.35. The Morgan fingerprint density at radius 3 is 2.05 bits per heavy atom. The molecule has 1 aliphatic rings. The van der Waals surface area contributed by atoms with Gasteiger partial charge in [0.1, 0.15) is 0 Å². The van der Waals surface area contributed by atoms with Crippen LogP contribution in [0.3, 0.4) is 0 Å². The maximum atomic E-state index is 8.74. The lowest BCUT2D eigenvalue weighted by Crippen LogP contribution is -2.23. The minimum Gasteiger partial charge on any atom is -0.493 e. The van der Waals surface area contributed by atoms with Crippen LogP contribution in [-0.2, 0) is 23.4 Å². The fourth-order valence-corrected chi connectivity index (χ4v) is 1.81. The van der Waals surface area contributed by atoms with Crippen molar-refractivity contribution in [2.24, 2.45) is 0 Å². The van der Waals surface area contributed by atoms with Gasteiger partial charge in [-0.1, -0.05) is 0 Å². The highest BCUT2D eigenvalue weighted by Crippen LogP contribution is 2.31. The third-order valence-corrected chi connectivity index (χ3v) is 2.59. The van der Waals surface area contributed by atoms with E-state index in [-0.39, 0.29) is 0 Å². The number of methoxy groups -OCH3 is 2. The minimum atomic E-state index is -4.67. The van der Waals surface area contributed by atoms with Crippen molar-refractivity contribution in [2.75, 3.05) is 20.8 Å². The van der Waals surface area contributed by atoms with E-state index in [0.717, 1.165) is 31.0 Å². The van der Waals surface area contributed by atoms with Gasteiger partial charge in [0.25, 0.3) is 0 Å². The molecule has 2 rings (SSSR count). The van der Waals surface area contributed by atoms with Gasteiger partial charge < -0.3 is 14.8 Å². The summed E-state index contributed by atoms with van der Waals surface area (Å²) in [5, 5.41) is 3.33. The molecule has 0 bridgehead atoms. The molecule has 19 heavy (non-hydrogen) atoms. The van der Waals surface area contributed by atoms with Crippen molar-refractivity contribution in [1.29, 1.82) is 0 Å². The van der Waals surface area contributed by atoms with Gasteiger partial charge >= 0.3 is 10.4 Å². The average molecular weight is 291 g/mol. The summed E-state index contributed by atoms with van der Waals surface area (Å²) < 4.78 is 42.1. The van der Waals surface area contributed by atoms with Crippen molar-refractivity contribution in [2.45, 2.75) is 13.0 Å². The Morgan fingerprint density at radius 1 is 1.11 bits per heavy atom. The second kappa shape index (κ2) is 6.71. The first kappa shape index (κ1) is 15.7. The van der Waals surface area contributed by atoms with Crippen molar-refractivity contribution in [1.82, 2.24) is 5.32 Å². The highest BCUT2D eigenvalue weighted by molar-refractivity contribution is 7.79. The third kappa shape index (κ3) is 5.43. The molecular weight excluding hydrogens is 274 g/mol. The fraction of sp³-hybridized carbons (Fsp3) is 0.455. The topological polar surface area (TPSA) is 105 Å². The second-order valence-electron chi connectivity index (χ2n) is 3.85. The molecule has 0 spiro atoms. The largest absolute Gasteiger partial charge is 0.493 e. The van der Waals surface area contributed by atoms with E-state index in [0.29, 0.717) is 0 Å². The van der Waals surface area contributed by atoms with E-state index in [2.05, 4.69) is 17.4 Å². The lowest BCUT2D eigenvalue weighted by Gasteiger charge is -2.19. The molecule has 0 saturated carbocycles. The molecule has 8 heteroatoms. The Kier molecular flexibility index (Phi) is 5.55. The molecule has 1 aromatic rings. The highest BCUT2D eigenvalue weighted by atomic mass is 32.3. The maximum Gasteiger partial charge on any atom is 0.394 e. The summed E-state index contributed by atoms with van der Waals surface area (Å²) in [6.45, 7) is 1.97. The van der Waals surface area contributed by atoms with Crippen LogP contribution >= 0.6 is 0 Å². The Bertz CT molecular complexity index is 476. The van der Waals surface area contributed by atoms with Crippen molar-refractivity contribution < 1.29 is 27.0 Å².